The van der Waals surface area contributed by atoms with Crippen molar-refractivity contribution < 1.29 is 18.3 Å². The molecule has 0 aromatic heterocycles. The zero-order chi connectivity index (χ0) is 9.14. The minimum atomic E-state index is -1.66. The topological polar surface area (TPSA) is 26.3 Å². The van der Waals surface area contributed by atoms with Crippen LogP contribution in [-0.4, -0.2) is 13.1 Å². The third kappa shape index (κ3) is 1.58. The largest absolute Gasteiger partial charge is 0.494 e. The van der Waals surface area contributed by atoms with Crippen LogP contribution >= 0.6 is 0 Å². The van der Waals surface area contributed by atoms with Crippen LogP contribution in [0.5, 0.6) is 5.75 Å². The van der Waals surface area contributed by atoms with Crippen molar-refractivity contribution in [1.82, 2.24) is 0 Å². The highest BCUT2D eigenvalue weighted by molar-refractivity contribution is 5.88. The molecule has 1 rings (SSSR count). The maximum Gasteiger partial charge on any atom is 0.332 e. The maximum absolute atomic E-state index is 12.8. The Bertz CT molecular complexity index is 310. The fourth-order valence-corrected chi connectivity index (χ4v) is 0.789. The molecule has 1 aromatic carbocycles. The van der Waals surface area contributed by atoms with Gasteiger partial charge in [-0.15, -0.1) is 0 Å². The van der Waals surface area contributed by atoms with Crippen LogP contribution in [0.3, 0.4) is 0 Å². The second-order valence-electron chi connectivity index (χ2n) is 2.12. The molecular weight excluding hydrogens is 166 g/mol. The standard InChI is InChI=1S/C8H6F2O2/c1-12-7-3-2-5(8(10)11)4-6(7)9/h2-4H,1H3. The first-order chi connectivity index (χ1) is 5.65. The second kappa shape index (κ2) is 3.30. The molecule has 0 aliphatic rings. The van der Waals surface area contributed by atoms with E-state index in [9.17, 15) is 13.6 Å². The highest BCUT2D eigenvalue weighted by Gasteiger charge is 2.08. The third-order valence-electron chi connectivity index (χ3n) is 1.38. The van der Waals surface area contributed by atoms with Gasteiger partial charge in [-0.05, 0) is 18.2 Å². The van der Waals surface area contributed by atoms with E-state index in [-0.39, 0.29) is 11.3 Å². The molecule has 0 aliphatic heterocycles. The molecule has 0 radical (unpaired) electrons. The SMILES string of the molecule is COc1ccc(C(=O)F)cc1F. The smallest absolute Gasteiger partial charge is 0.332 e. The molecule has 0 atom stereocenters. The lowest BCUT2D eigenvalue weighted by Crippen LogP contribution is -1.93. The molecule has 4 heteroatoms. The van der Waals surface area contributed by atoms with Crippen molar-refractivity contribution in [3.05, 3.63) is 29.6 Å². The van der Waals surface area contributed by atoms with Crippen molar-refractivity contribution in [3.8, 4) is 5.75 Å². The molecule has 0 N–H and O–H groups in total. The van der Waals surface area contributed by atoms with Crippen LogP contribution in [0, 0.1) is 5.82 Å². The van der Waals surface area contributed by atoms with Crippen LogP contribution < -0.4 is 4.74 Å². The summed E-state index contributed by atoms with van der Waals surface area (Å²) in [4.78, 5) is 10.1. The predicted octanol–water partition coefficient (Wildman–Crippen LogP) is 1.94. The van der Waals surface area contributed by atoms with Crippen LogP contribution in [0.25, 0.3) is 0 Å². The normalized spacial score (nSPS) is 9.58. The lowest BCUT2D eigenvalue weighted by atomic mass is 10.2. The number of methoxy groups -OCH3 is 1. The molecular formula is C8H6F2O2. The molecule has 0 fully saturated rings. The average Bonchev–Trinajstić information content (AvgIpc) is 2.04. The summed E-state index contributed by atoms with van der Waals surface area (Å²) >= 11 is 0. The summed E-state index contributed by atoms with van der Waals surface area (Å²) < 4.78 is 29.3. The molecule has 1 aromatic rings. The van der Waals surface area contributed by atoms with E-state index >= 15 is 0 Å². The van der Waals surface area contributed by atoms with Gasteiger partial charge < -0.3 is 4.74 Å². The van der Waals surface area contributed by atoms with Crippen molar-refractivity contribution in [1.29, 1.82) is 0 Å². The zero-order valence-corrected chi connectivity index (χ0v) is 6.30. The summed E-state index contributed by atoms with van der Waals surface area (Å²) in [5.74, 6) is -0.763. The highest BCUT2D eigenvalue weighted by Crippen LogP contribution is 2.17. The Labute approximate surface area is 67.8 Å². The number of hydrogen-bond acceptors (Lipinski definition) is 2. The molecule has 0 saturated heterocycles. The van der Waals surface area contributed by atoms with Gasteiger partial charge in [0.2, 0.25) is 0 Å². The Kier molecular flexibility index (Phi) is 2.38. The van der Waals surface area contributed by atoms with E-state index in [1.54, 1.807) is 0 Å². The Morgan fingerprint density at radius 1 is 1.50 bits per heavy atom. The fraction of sp³-hybridized carbons (Fsp3) is 0.125. The number of ether oxygens (including phenoxy) is 1. The minimum Gasteiger partial charge on any atom is -0.494 e. The Morgan fingerprint density at radius 2 is 2.17 bits per heavy atom. The van der Waals surface area contributed by atoms with E-state index in [1.807, 2.05) is 0 Å². The van der Waals surface area contributed by atoms with Gasteiger partial charge in [-0.1, -0.05) is 0 Å². The number of carbonyl (C=O) groups is 1. The summed E-state index contributed by atoms with van der Waals surface area (Å²) in [6, 6.07) is 1.49. The van der Waals surface area contributed by atoms with Gasteiger partial charge in [-0.2, -0.15) is 4.39 Å². The first kappa shape index (κ1) is 8.64. The van der Waals surface area contributed by atoms with Crippen molar-refractivity contribution >= 4 is 6.04 Å². The summed E-state index contributed by atoms with van der Waals surface area (Å²) in [6.07, 6.45) is 0. The Balaban J connectivity index is 3.10. The maximum atomic E-state index is 12.8. The summed E-state index contributed by atoms with van der Waals surface area (Å²) in [5, 5.41) is 0. The van der Waals surface area contributed by atoms with E-state index in [0.29, 0.717) is 0 Å². The first-order valence-electron chi connectivity index (χ1n) is 3.18. The van der Waals surface area contributed by atoms with Gasteiger partial charge in [0.1, 0.15) is 0 Å². The van der Waals surface area contributed by atoms with Crippen molar-refractivity contribution in [3.63, 3.8) is 0 Å². The summed E-state index contributed by atoms with van der Waals surface area (Å²) in [7, 11) is 1.29. The predicted molar refractivity (Wildman–Crippen MR) is 38.4 cm³/mol. The number of halogens is 2. The molecule has 0 bridgehead atoms. The molecule has 0 unspecified atom stereocenters. The van der Waals surface area contributed by atoms with Crippen LogP contribution in [0.2, 0.25) is 0 Å². The third-order valence-corrected chi connectivity index (χ3v) is 1.38. The van der Waals surface area contributed by atoms with E-state index in [4.69, 9.17) is 0 Å². The number of carbonyl (C=O) groups excluding carboxylic acids is 1. The quantitative estimate of drug-likeness (QED) is 0.637. The monoisotopic (exact) mass is 172 g/mol. The fourth-order valence-electron chi connectivity index (χ4n) is 0.789. The Morgan fingerprint density at radius 3 is 2.58 bits per heavy atom. The zero-order valence-electron chi connectivity index (χ0n) is 6.30. The molecule has 0 aliphatic carbocycles. The number of rotatable bonds is 2. The lowest BCUT2D eigenvalue weighted by Gasteiger charge is -2.00. The average molecular weight is 172 g/mol. The van der Waals surface area contributed by atoms with Crippen LogP contribution in [-0.2, 0) is 0 Å². The van der Waals surface area contributed by atoms with Gasteiger partial charge in [0.15, 0.2) is 11.6 Å². The summed E-state index contributed by atoms with van der Waals surface area (Å²) in [6.45, 7) is 0. The van der Waals surface area contributed by atoms with Crippen molar-refractivity contribution in [2.75, 3.05) is 7.11 Å². The van der Waals surface area contributed by atoms with E-state index in [2.05, 4.69) is 4.74 Å². The highest BCUT2D eigenvalue weighted by atomic mass is 19.1. The van der Waals surface area contributed by atoms with Gasteiger partial charge in [0.25, 0.3) is 0 Å². The van der Waals surface area contributed by atoms with Crippen molar-refractivity contribution in [2.24, 2.45) is 0 Å². The van der Waals surface area contributed by atoms with Gasteiger partial charge >= 0.3 is 6.04 Å². The summed E-state index contributed by atoms with van der Waals surface area (Å²) in [5.41, 5.74) is -0.312. The molecule has 0 saturated carbocycles. The van der Waals surface area contributed by atoms with Crippen LogP contribution in [0.4, 0.5) is 8.78 Å². The van der Waals surface area contributed by atoms with E-state index < -0.39 is 11.9 Å². The van der Waals surface area contributed by atoms with Crippen molar-refractivity contribution in [2.45, 2.75) is 0 Å². The van der Waals surface area contributed by atoms with Gasteiger partial charge in [0, 0.05) is 0 Å². The van der Waals surface area contributed by atoms with Crippen LogP contribution in [0.1, 0.15) is 10.4 Å². The first-order valence-corrected chi connectivity index (χ1v) is 3.18. The molecule has 12 heavy (non-hydrogen) atoms. The molecule has 0 spiro atoms. The lowest BCUT2D eigenvalue weighted by molar-refractivity contribution is 0.0835. The van der Waals surface area contributed by atoms with Gasteiger partial charge in [0.05, 0.1) is 12.7 Å². The molecule has 2 nitrogen and oxygen atoms in total. The van der Waals surface area contributed by atoms with Gasteiger partial charge in [-0.3, -0.25) is 4.79 Å². The second-order valence-corrected chi connectivity index (χ2v) is 2.12. The molecule has 0 amide bonds. The van der Waals surface area contributed by atoms with Gasteiger partial charge in [-0.25, -0.2) is 4.39 Å². The Hall–Kier alpha value is -1.45. The number of hydrogen-bond donors (Lipinski definition) is 0. The number of benzene rings is 1. The molecule has 0 heterocycles. The van der Waals surface area contributed by atoms with Crippen LogP contribution in [0.15, 0.2) is 18.2 Å². The minimum absolute atomic E-state index is 0.0139. The van der Waals surface area contributed by atoms with E-state index in [0.717, 1.165) is 12.1 Å². The molecule has 64 valence electrons. The van der Waals surface area contributed by atoms with E-state index in [1.165, 1.54) is 13.2 Å².